The Labute approximate surface area is 131 Å². The molecule has 114 valence electrons. The van der Waals surface area contributed by atoms with Crippen molar-refractivity contribution in [1.29, 1.82) is 0 Å². The van der Waals surface area contributed by atoms with Gasteiger partial charge in [0, 0.05) is 11.1 Å². The standard InChI is InChI=1S/C17H23ClN2O/c1-10-14(21)20(15-16(2,3)17(15,4)5)13(19-10)11-7-6-8-12(18)9-11/h6-10,13,15,19H,1-5H3. The van der Waals surface area contributed by atoms with Crippen LogP contribution in [0.3, 0.4) is 0 Å². The molecule has 0 radical (unpaired) electrons. The Hall–Kier alpha value is -1.06. The van der Waals surface area contributed by atoms with Crippen molar-refractivity contribution < 1.29 is 4.79 Å². The van der Waals surface area contributed by atoms with Gasteiger partial charge in [-0.1, -0.05) is 51.4 Å². The molecule has 21 heavy (non-hydrogen) atoms. The van der Waals surface area contributed by atoms with E-state index in [2.05, 4.69) is 33.0 Å². The van der Waals surface area contributed by atoms with Gasteiger partial charge < -0.3 is 4.90 Å². The predicted molar refractivity (Wildman–Crippen MR) is 85.0 cm³/mol. The van der Waals surface area contributed by atoms with Crippen molar-refractivity contribution in [2.75, 3.05) is 0 Å². The molecule has 0 aromatic heterocycles. The molecule has 2 unspecified atom stereocenters. The third kappa shape index (κ3) is 2.01. The SMILES string of the molecule is CC1NC(c2cccc(Cl)c2)N(C2C(C)(C)C2(C)C)C1=O. The Morgan fingerprint density at radius 3 is 2.33 bits per heavy atom. The average molecular weight is 307 g/mol. The first-order valence-corrected chi connectivity index (χ1v) is 7.89. The Kier molecular flexibility index (Phi) is 3.16. The molecule has 3 nitrogen and oxygen atoms in total. The summed E-state index contributed by atoms with van der Waals surface area (Å²) in [6.07, 6.45) is -0.0859. The molecule has 1 heterocycles. The number of halogens is 1. The highest BCUT2D eigenvalue weighted by molar-refractivity contribution is 6.30. The van der Waals surface area contributed by atoms with Crippen molar-refractivity contribution in [2.45, 2.75) is 52.9 Å². The van der Waals surface area contributed by atoms with Crippen LogP contribution in [-0.4, -0.2) is 22.9 Å². The molecule has 1 aromatic rings. The quantitative estimate of drug-likeness (QED) is 0.905. The fourth-order valence-electron chi connectivity index (χ4n) is 3.81. The fourth-order valence-corrected chi connectivity index (χ4v) is 4.00. The van der Waals surface area contributed by atoms with Gasteiger partial charge in [0.25, 0.3) is 0 Å². The van der Waals surface area contributed by atoms with Crippen molar-refractivity contribution in [1.82, 2.24) is 10.2 Å². The summed E-state index contributed by atoms with van der Waals surface area (Å²) in [5.74, 6) is 0.184. The number of rotatable bonds is 2. The second-order valence-electron chi connectivity index (χ2n) is 7.44. The van der Waals surface area contributed by atoms with Gasteiger partial charge in [0.1, 0.15) is 6.17 Å². The molecule has 1 aromatic carbocycles. The molecule has 1 N–H and O–H groups in total. The first-order chi connectivity index (χ1) is 9.68. The predicted octanol–water partition coefficient (Wildman–Crippen LogP) is 3.59. The summed E-state index contributed by atoms with van der Waals surface area (Å²) in [6, 6.07) is 7.87. The largest absolute Gasteiger partial charge is 0.317 e. The number of carbonyl (C=O) groups is 1. The lowest BCUT2D eigenvalue weighted by Crippen LogP contribution is -2.36. The maximum Gasteiger partial charge on any atom is 0.241 e. The van der Waals surface area contributed by atoms with Crippen LogP contribution in [-0.2, 0) is 4.79 Å². The van der Waals surface area contributed by atoms with E-state index in [1.807, 2.05) is 36.1 Å². The van der Waals surface area contributed by atoms with E-state index in [-0.39, 0.29) is 35.0 Å². The molecule has 1 amide bonds. The van der Waals surface area contributed by atoms with E-state index in [1.54, 1.807) is 0 Å². The second-order valence-corrected chi connectivity index (χ2v) is 7.87. The number of benzene rings is 1. The molecular formula is C17H23ClN2O. The molecule has 1 aliphatic heterocycles. The minimum absolute atomic E-state index is 0.0859. The molecular weight excluding hydrogens is 284 g/mol. The molecule has 3 rings (SSSR count). The van der Waals surface area contributed by atoms with Crippen molar-refractivity contribution in [3.8, 4) is 0 Å². The number of nitrogens with zero attached hydrogens (tertiary/aromatic N) is 1. The lowest BCUT2D eigenvalue weighted by Gasteiger charge is -2.27. The summed E-state index contributed by atoms with van der Waals surface area (Å²) in [7, 11) is 0. The Bertz CT molecular complexity index is 582. The maximum atomic E-state index is 12.7. The van der Waals surface area contributed by atoms with Gasteiger partial charge >= 0.3 is 0 Å². The normalized spacial score (nSPS) is 30.8. The van der Waals surface area contributed by atoms with Crippen LogP contribution >= 0.6 is 11.6 Å². The lowest BCUT2D eigenvalue weighted by molar-refractivity contribution is -0.131. The van der Waals surface area contributed by atoms with Gasteiger partial charge in [0.05, 0.1) is 6.04 Å². The summed E-state index contributed by atoms with van der Waals surface area (Å²) < 4.78 is 0. The van der Waals surface area contributed by atoms with Crippen LogP contribution in [0.25, 0.3) is 0 Å². The second kappa shape index (κ2) is 4.47. The summed E-state index contributed by atoms with van der Waals surface area (Å²) >= 11 is 6.12. The number of carbonyl (C=O) groups excluding carboxylic acids is 1. The molecule has 1 saturated heterocycles. The van der Waals surface area contributed by atoms with Crippen molar-refractivity contribution in [3.05, 3.63) is 34.9 Å². The number of nitrogens with one attached hydrogen (secondary N) is 1. The minimum atomic E-state index is -0.152. The van der Waals surface area contributed by atoms with E-state index in [9.17, 15) is 4.79 Å². The van der Waals surface area contributed by atoms with Crippen molar-refractivity contribution in [3.63, 3.8) is 0 Å². The van der Waals surface area contributed by atoms with Crippen LogP contribution in [0.4, 0.5) is 0 Å². The van der Waals surface area contributed by atoms with Crippen LogP contribution in [0.5, 0.6) is 0 Å². The van der Waals surface area contributed by atoms with Crippen molar-refractivity contribution in [2.24, 2.45) is 10.8 Å². The van der Waals surface area contributed by atoms with Gasteiger partial charge in [-0.2, -0.15) is 0 Å². The highest BCUT2D eigenvalue weighted by Gasteiger charge is 2.70. The molecule has 2 aliphatic rings. The van der Waals surface area contributed by atoms with Crippen LogP contribution in [0.2, 0.25) is 5.02 Å². The van der Waals surface area contributed by atoms with Crippen LogP contribution in [0.1, 0.15) is 46.3 Å². The Morgan fingerprint density at radius 1 is 1.19 bits per heavy atom. The molecule has 2 atom stereocenters. The monoisotopic (exact) mass is 306 g/mol. The molecule has 1 saturated carbocycles. The third-order valence-corrected chi connectivity index (χ3v) is 5.93. The number of hydrogen-bond acceptors (Lipinski definition) is 2. The van der Waals surface area contributed by atoms with E-state index >= 15 is 0 Å². The first kappa shape index (κ1) is 14.9. The van der Waals surface area contributed by atoms with E-state index in [4.69, 9.17) is 11.6 Å². The highest BCUT2D eigenvalue weighted by Crippen LogP contribution is 2.66. The van der Waals surface area contributed by atoms with Gasteiger partial charge in [0.2, 0.25) is 5.91 Å². The van der Waals surface area contributed by atoms with Crippen LogP contribution in [0, 0.1) is 10.8 Å². The fraction of sp³-hybridized carbons (Fsp3) is 0.588. The summed E-state index contributed by atoms with van der Waals surface area (Å²) in [4.78, 5) is 14.7. The lowest BCUT2D eigenvalue weighted by atomic mass is 10.0. The summed E-state index contributed by atoms with van der Waals surface area (Å²) in [5, 5.41) is 4.12. The Balaban J connectivity index is 1.99. The van der Waals surface area contributed by atoms with Gasteiger partial charge in [-0.05, 0) is 35.4 Å². The van der Waals surface area contributed by atoms with Crippen LogP contribution < -0.4 is 5.32 Å². The molecule has 4 heteroatoms. The van der Waals surface area contributed by atoms with E-state index in [0.29, 0.717) is 5.02 Å². The van der Waals surface area contributed by atoms with Crippen LogP contribution in [0.15, 0.2) is 24.3 Å². The van der Waals surface area contributed by atoms with E-state index in [0.717, 1.165) is 5.56 Å². The van der Waals surface area contributed by atoms with Gasteiger partial charge in [-0.25, -0.2) is 0 Å². The minimum Gasteiger partial charge on any atom is -0.317 e. The summed E-state index contributed by atoms with van der Waals surface area (Å²) in [6.45, 7) is 10.9. The smallest absolute Gasteiger partial charge is 0.241 e. The molecule has 0 bridgehead atoms. The Morgan fingerprint density at radius 2 is 1.81 bits per heavy atom. The zero-order valence-corrected chi connectivity index (χ0v) is 14.0. The molecule has 0 spiro atoms. The zero-order valence-electron chi connectivity index (χ0n) is 13.3. The molecule has 1 aliphatic carbocycles. The van der Waals surface area contributed by atoms with Gasteiger partial charge in [-0.3, -0.25) is 10.1 Å². The molecule has 2 fully saturated rings. The van der Waals surface area contributed by atoms with E-state index in [1.165, 1.54) is 0 Å². The summed E-state index contributed by atoms with van der Waals surface area (Å²) in [5.41, 5.74) is 1.31. The highest BCUT2D eigenvalue weighted by atomic mass is 35.5. The average Bonchev–Trinajstić information content (AvgIpc) is 2.63. The first-order valence-electron chi connectivity index (χ1n) is 7.51. The maximum absolute atomic E-state index is 12.7. The zero-order chi connectivity index (χ0) is 15.6. The van der Waals surface area contributed by atoms with Gasteiger partial charge in [-0.15, -0.1) is 0 Å². The van der Waals surface area contributed by atoms with Crippen molar-refractivity contribution >= 4 is 17.5 Å². The van der Waals surface area contributed by atoms with Gasteiger partial charge in [0.15, 0.2) is 0 Å². The number of hydrogen-bond donors (Lipinski definition) is 1. The van der Waals surface area contributed by atoms with E-state index < -0.39 is 0 Å². The number of amides is 1. The topological polar surface area (TPSA) is 32.3 Å². The third-order valence-electron chi connectivity index (χ3n) is 5.70.